The van der Waals surface area contributed by atoms with Crippen LogP contribution in [0.5, 0.6) is 0 Å². The Morgan fingerprint density at radius 3 is 3.56 bits per heavy atom. The van der Waals surface area contributed by atoms with Crippen LogP contribution in [0.4, 0.5) is 5.69 Å². The van der Waals surface area contributed by atoms with Crippen LogP contribution in [0.25, 0.3) is 0 Å². The first-order chi connectivity index (χ1) is 4.47. The Bertz CT molecular complexity index is 186. The van der Waals surface area contributed by atoms with Gasteiger partial charge in [0.05, 0.1) is 11.9 Å². The van der Waals surface area contributed by atoms with E-state index in [0.717, 1.165) is 30.8 Å². The van der Waals surface area contributed by atoms with Gasteiger partial charge in [-0.25, -0.2) is 0 Å². The van der Waals surface area contributed by atoms with Crippen LogP contribution < -0.4 is 5.32 Å². The molecule has 0 saturated carbocycles. The summed E-state index contributed by atoms with van der Waals surface area (Å²) >= 11 is 0. The average Bonchev–Trinajstić information content (AvgIpc) is 2.33. The smallest absolute Gasteiger partial charge is 0.159 e. The molecule has 0 spiro atoms. The van der Waals surface area contributed by atoms with Gasteiger partial charge in [-0.05, 0) is 6.42 Å². The minimum atomic E-state index is 1.00. The molecule has 1 aromatic heterocycles. The third-order valence-electron chi connectivity index (χ3n) is 1.54. The number of nitrogens with one attached hydrogen (secondary N) is 1. The van der Waals surface area contributed by atoms with Crippen molar-refractivity contribution in [3.8, 4) is 0 Å². The van der Waals surface area contributed by atoms with Gasteiger partial charge in [0.25, 0.3) is 0 Å². The predicted molar refractivity (Wildman–Crippen MR) is 33.3 cm³/mol. The van der Waals surface area contributed by atoms with Gasteiger partial charge in [0.15, 0.2) is 5.76 Å². The molecular weight excluding hydrogens is 116 g/mol. The molecule has 0 aliphatic carbocycles. The van der Waals surface area contributed by atoms with Crippen LogP contribution in [0.15, 0.2) is 10.7 Å². The lowest BCUT2D eigenvalue weighted by Crippen LogP contribution is -2.08. The van der Waals surface area contributed by atoms with E-state index in [1.165, 1.54) is 0 Å². The van der Waals surface area contributed by atoms with Gasteiger partial charge >= 0.3 is 0 Å². The van der Waals surface area contributed by atoms with E-state index in [4.69, 9.17) is 4.52 Å². The molecule has 2 heterocycles. The lowest BCUT2D eigenvalue weighted by Gasteiger charge is -2.09. The maximum Gasteiger partial charge on any atom is 0.159 e. The maximum atomic E-state index is 4.94. The summed E-state index contributed by atoms with van der Waals surface area (Å²) in [5.74, 6) is 1.00. The summed E-state index contributed by atoms with van der Waals surface area (Å²) in [4.78, 5) is 0. The summed E-state index contributed by atoms with van der Waals surface area (Å²) in [5, 5.41) is 6.85. The fraction of sp³-hybridized carbons (Fsp3) is 0.500. The molecule has 0 saturated heterocycles. The van der Waals surface area contributed by atoms with E-state index in [1.807, 2.05) is 0 Å². The molecule has 1 aliphatic rings. The summed E-state index contributed by atoms with van der Waals surface area (Å²) in [7, 11) is 0. The van der Waals surface area contributed by atoms with Crippen molar-refractivity contribution in [2.24, 2.45) is 0 Å². The summed E-state index contributed by atoms with van der Waals surface area (Å²) in [5.41, 5.74) is 1.07. The van der Waals surface area contributed by atoms with E-state index in [1.54, 1.807) is 6.20 Å². The van der Waals surface area contributed by atoms with Gasteiger partial charge in [-0.2, -0.15) is 0 Å². The minimum Gasteiger partial charge on any atom is -0.381 e. The van der Waals surface area contributed by atoms with Crippen LogP contribution in [-0.2, 0) is 6.42 Å². The van der Waals surface area contributed by atoms with Gasteiger partial charge in [0.1, 0.15) is 0 Å². The van der Waals surface area contributed by atoms with Crippen molar-refractivity contribution >= 4 is 5.69 Å². The zero-order valence-electron chi connectivity index (χ0n) is 5.05. The van der Waals surface area contributed by atoms with E-state index in [0.29, 0.717) is 0 Å². The van der Waals surface area contributed by atoms with Crippen molar-refractivity contribution in [2.45, 2.75) is 12.8 Å². The number of rotatable bonds is 0. The average molecular weight is 124 g/mol. The Balaban J connectivity index is 2.39. The molecule has 0 bridgehead atoms. The molecule has 1 aliphatic heterocycles. The standard InChI is InChI=1S/C6H8N2O/c1-2-6-5(7-3-1)4-8-9-6/h4,7H,1-3H2. The highest BCUT2D eigenvalue weighted by Crippen LogP contribution is 2.19. The van der Waals surface area contributed by atoms with E-state index in [2.05, 4.69) is 10.5 Å². The van der Waals surface area contributed by atoms with Crippen molar-refractivity contribution < 1.29 is 4.52 Å². The molecule has 0 unspecified atom stereocenters. The SMILES string of the molecule is c1noc2c1NCCC2. The fourth-order valence-corrected chi connectivity index (χ4v) is 1.06. The lowest BCUT2D eigenvalue weighted by atomic mass is 10.2. The number of nitrogens with zero attached hydrogens (tertiary/aromatic N) is 1. The van der Waals surface area contributed by atoms with Crippen molar-refractivity contribution in [1.29, 1.82) is 0 Å². The third-order valence-corrected chi connectivity index (χ3v) is 1.54. The Hall–Kier alpha value is -0.990. The van der Waals surface area contributed by atoms with Crippen molar-refractivity contribution in [1.82, 2.24) is 5.16 Å². The predicted octanol–water partition coefficient (Wildman–Crippen LogP) is 1.03. The highest BCUT2D eigenvalue weighted by Gasteiger charge is 2.10. The minimum absolute atomic E-state index is 1.00. The second-order valence-corrected chi connectivity index (χ2v) is 2.19. The van der Waals surface area contributed by atoms with E-state index in [9.17, 15) is 0 Å². The summed E-state index contributed by atoms with van der Waals surface area (Å²) < 4.78 is 4.94. The Kier molecular flexibility index (Phi) is 0.946. The number of hydrogen-bond donors (Lipinski definition) is 1. The zero-order valence-corrected chi connectivity index (χ0v) is 5.05. The molecule has 1 aromatic rings. The van der Waals surface area contributed by atoms with Crippen LogP contribution in [0.1, 0.15) is 12.2 Å². The second-order valence-electron chi connectivity index (χ2n) is 2.19. The second kappa shape index (κ2) is 1.76. The Morgan fingerprint density at radius 1 is 1.67 bits per heavy atom. The molecule has 0 fully saturated rings. The Labute approximate surface area is 53.0 Å². The maximum absolute atomic E-state index is 4.94. The molecule has 0 aromatic carbocycles. The van der Waals surface area contributed by atoms with E-state index >= 15 is 0 Å². The largest absolute Gasteiger partial charge is 0.381 e. The number of aryl methyl sites for hydroxylation is 1. The fourth-order valence-electron chi connectivity index (χ4n) is 1.06. The van der Waals surface area contributed by atoms with E-state index < -0.39 is 0 Å². The quantitative estimate of drug-likeness (QED) is 0.561. The van der Waals surface area contributed by atoms with E-state index in [-0.39, 0.29) is 0 Å². The third kappa shape index (κ3) is 0.686. The van der Waals surface area contributed by atoms with Crippen LogP contribution in [0, 0.1) is 0 Å². The number of hydrogen-bond acceptors (Lipinski definition) is 3. The normalized spacial score (nSPS) is 16.4. The highest BCUT2D eigenvalue weighted by molar-refractivity contribution is 5.45. The van der Waals surface area contributed by atoms with Crippen LogP contribution >= 0.6 is 0 Å². The van der Waals surface area contributed by atoms with Crippen LogP contribution in [0.3, 0.4) is 0 Å². The molecule has 0 atom stereocenters. The number of fused-ring (bicyclic) bond motifs is 1. The van der Waals surface area contributed by atoms with Crippen LogP contribution in [0.2, 0.25) is 0 Å². The van der Waals surface area contributed by atoms with Gasteiger partial charge < -0.3 is 9.84 Å². The first-order valence-electron chi connectivity index (χ1n) is 3.14. The molecule has 0 amide bonds. The summed E-state index contributed by atoms with van der Waals surface area (Å²) in [6.07, 6.45) is 3.92. The summed E-state index contributed by atoms with van der Waals surface area (Å²) in [6.45, 7) is 1.05. The zero-order chi connectivity index (χ0) is 6.10. The molecule has 3 heteroatoms. The van der Waals surface area contributed by atoms with Gasteiger partial charge in [-0.1, -0.05) is 5.16 Å². The topological polar surface area (TPSA) is 38.1 Å². The summed E-state index contributed by atoms with van der Waals surface area (Å²) in [6, 6.07) is 0. The lowest BCUT2D eigenvalue weighted by molar-refractivity contribution is 0.380. The number of aromatic nitrogens is 1. The van der Waals surface area contributed by atoms with Gasteiger partial charge in [-0.15, -0.1) is 0 Å². The highest BCUT2D eigenvalue weighted by atomic mass is 16.5. The van der Waals surface area contributed by atoms with Gasteiger partial charge in [0.2, 0.25) is 0 Å². The first kappa shape index (κ1) is 4.85. The molecule has 1 N–H and O–H groups in total. The molecule has 9 heavy (non-hydrogen) atoms. The van der Waals surface area contributed by atoms with Crippen molar-refractivity contribution in [3.05, 3.63) is 12.0 Å². The van der Waals surface area contributed by atoms with Gasteiger partial charge in [0, 0.05) is 13.0 Å². The van der Waals surface area contributed by atoms with Crippen molar-refractivity contribution in [3.63, 3.8) is 0 Å². The first-order valence-corrected chi connectivity index (χ1v) is 3.14. The van der Waals surface area contributed by atoms with Crippen LogP contribution in [-0.4, -0.2) is 11.7 Å². The van der Waals surface area contributed by atoms with Gasteiger partial charge in [-0.3, -0.25) is 0 Å². The Morgan fingerprint density at radius 2 is 2.67 bits per heavy atom. The number of anilines is 1. The molecule has 0 radical (unpaired) electrons. The molecule has 48 valence electrons. The monoisotopic (exact) mass is 124 g/mol. The molecular formula is C6H8N2O. The van der Waals surface area contributed by atoms with Crippen molar-refractivity contribution in [2.75, 3.05) is 11.9 Å². The molecule has 2 rings (SSSR count). The molecule has 3 nitrogen and oxygen atoms in total.